The molecule has 0 radical (unpaired) electrons. The van der Waals surface area contributed by atoms with Gasteiger partial charge < -0.3 is 5.11 Å². The van der Waals surface area contributed by atoms with Gasteiger partial charge in [-0.1, -0.05) is 24.6 Å². The van der Waals surface area contributed by atoms with Crippen LogP contribution in [0.4, 0.5) is 0 Å². The van der Waals surface area contributed by atoms with Gasteiger partial charge in [-0.15, -0.1) is 0 Å². The topological polar surface area (TPSA) is 83.5 Å². The average Bonchev–Trinajstić information content (AvgIpc) is 2.29. The van der Waals surface area contributed by atoms with Gasteiger partial charge in [-0.05, 0) is 30.5 Å². The van der Waals surface area contributed by atoms with Gasteiger partial charge in [-0.3, -0.25) is 4.79 Å². The maximum absolute atomic E-state index is 12.1. The largest absolute Gasteiger partial charge is 0.481 e. The third-order valence-electron chi connectivity index (χ3n) is 2.65. The Labute approximate surface area is 117 Å². The Morgan fingerprint density at radius 3 is 2.68 bits per heavy atom. The van der Waals surface area contributed by atoms with Crippen LogP contribution < -0.4 is 4.72 Å². The molecule has 1 rings (SSSR count). The number of carboxylic acids is 1. The van der Waals surface area contributed by atoms with Crippen LogP contribution in [0.3, 0.4) is 0 Å². The predicted molar refractivity (Wildman–Crippen MR) is 72.8 cm³/mol. The van der Waals surface area contributed by atoms with Crippen LogP contribution in [0.1, 0.15) is 18.9 Å². The van der Waals surface area contributed by atoms with Gasteiger partial charge in [0.05, 0.1) is 4.90 Å². The van der Waals surface area contributed by atoms with Crippen LogP contribution in [0, 0.1) is 12.8 Å². The van der Waals surface area contributed by atoms with E-state index >= 15 is 0 Å². The maximum atomic E-state index is 12.1. The third kappa shape index (κ3) is 4.49. The van der Waals surface area contributed by atoms with Gasteiger partial charge in [0.15, 0.2) is 0 Å². The van der Waals surface area contributed by atoms with E-state index in [1.807, 2.05) is 0 Å². The molecular formula is C12H16ClNO4S. The lowest BCUT2D eigenvalue weighted by Gasteiger charge is -2.13. The van der Waals surface area contributed by atoms with Gasteiger partial charge in [0.2, 0.25) is 10.0 Å². The number of aliphatic carboxylic acids is 1. The number of rotatable bonds is 6. The Balaban J connectivity index is 2.82. The van der Waals surface area contributed by atoms with Crippen LogP contribution in [0.2, 0.25) is 5.02 Å². The van der Waals surface area contributed by atoms with Gasteiger partial charge in [0.25, 0.3) is 0 Å². The average molecular weight is 306 g/mol. The van der Waals surface area contributed by atoms with E-state index in [2.05, 4.69) is 4.72 Å². The Hall–Kier alpha value is -1.11. The second-order valence-corrected chi connectivity index (χ2v) is 6.56. The van der Waals surface area contributed by atoms with Crippen molar-refractivity contribution in [3.63, 3.8) is 0 Å². The Kier molecular flexibility index (Phi) is 5.34. The minimum Gasteiger partial charge on any atom is -0.481 e. The smallest absolute Gasteiger partial charge is 0.303 e. The molecule has 7 heteroatoms. The number of hydrogen-bond donors (Lipinski definition) is 2. The van der Waals surface area contributed by atoms with Crippen molar-refractivity contribution < 1.29 is 18.3 Å². The Morgan fingerprint density at radius 1 is 1.47 bits per heavy atom. The molecule has 1 unspecified atom stereocenters. The molecule has 0 saturated carbocycles. The molecule has 0 heterocycles. The summed E-state index contributed by atoms with van der Waals surface area (Å²) in [5, 5.41) is 8.99. The summed E-state index contributed by atoms with van der Waals surface area (Å²) in [7, 11) is -3.67. The van der Waals surface area contributed by atoms with Gasteiger partial charge in [-0.2, -0.15) is 0 Å². The highest BCUT2D eigenvalue weighted by Gasteiger charge is 2.19. The molecule has 0 aliphatic rings. The summed E-state index contributed by atoms with van der Waals surface area (Å²) in [6.45, 7) is 3.36. The van der Waals surface area contributed by atoms with Gasteiger partial charge in [-0.25, -0.2) is 13.1 Å². The number of benzene rings is 1. The fourth-order valence-electron chi connectivity index (χ4n) is 1.58. The molecule has 0 amide bonds. The van der Waals surface area contributed by atoms with Crippen LogP contribution in [0.15, 0.2) is 23.1 Å². The van der Waals surface area contributed by atoms with Gasteiger partial charge in [0.1, 0.15) is 0 Å². The summed E-state index contributed by atoms with van der Waals surface area (Å²) in [4.78, 5) is 10.6. The first-order chi connectivity index (χ1) is 8.74. The number of halogens is 1. The van der Waals surface area contributed by atoms with Crippen molar-refractivity contribution in [3.05, 3.63) is 28.8 Å². The van der Waals surface area contributed by atoms with E-state index in [-0.39, 0.29) is 23.8 Å². The molecule has 0 aliphatic heterocycles. The summed E-state index contributed by atoms with van der Waals surface area (Å²) >= 11 is 5.88. The van der Waals surface area contributed by atoms with Crippen LogP contribution in [-0.4, -0.2) is 26.0 Å². The maximum Gasteiger partial charge on any atom is 0.303 e. The summed E-state index contributed by atoms with van der Waals surface area (Å²) in [6.07, 6.45) is -0.0863. The highest BCUT2D eigenvalue weighted by atomic mass is 35.5. The molecule has 0 bridgehead atoms. The van der Waals surface area contributed by atoms with E-state index in [1.165, 1.54) is 6.07 Å². The Morgan fingerprint density at radius 2 is 2.11 bits per heavy atom. The van der Waals surface area contributed by atoms with Crippen LogP contribution in [-0.2, 0) is 14.8 Å². The summed E-state index contributed by atoms with van der Waals surface area (Å²) in [5.74, 6) is -1.24. The van der Waals surface area contributed by atoms with E-state index in [9.17, 15) is 13.2 Å². The molecule has 2 N–H and O–H groups in total. The first-order valence-corrected chi connectivity index (χ1v) is 7.56. The SMILES string of the molecule is Cc1c(Cl)cccc1S(=O)(=O)NCC(C)CC(=O)O. The number of hydrogen-bond acceptors (Lipinski definition) is 3. The van der Waals surface area contributed by atoms with Crippen molar-refractivity contribution in [1.29, 1.82) is 0 Å². The molecule has 0 aliphatic carbocycles. The minimum absolute atomic E-state index is 0.0700. The molecule has 5 nitrogen and oxygen atoms in total. The fourth-order valence-corrected chi connectivity index (χ4v) is 3.24. The zero-order chi connectivity index (χ0) is 14.6. The molecule has 19 heavy (non-hydrogen) atoms. The van der Waals surface area contributed by atoms with Crippen molar-refractivity contribution in [1.82, 2.24) is 4.72 Å². The standard InChI is InChI=1S/C12H16ClNO4S/c1-8(6-12(15)16)7-14-19(17,18)11-5-3-4-10(13)9(11)2/h3-5,8,14H,6-7H2,1-2H3,(H,15,16). The van der Waals surface area contributed by atoms with Gasteiger partial charge >= 0.3 is 5.97 Å². The highest BCUT2D eigenvalue weighted by Crippen LogP contribution is 2.22. The molecule has 1 atom stereocenters. The molecule has 106 valence electrons. The monoisotopic (exact) mass is 305 g/mol. The quantitative estimate of drug-likeness (QED) is 0.842. The van der Waals surface area contributed by atoms with Crippen LogP contribution >= 0.6 is 11.6 Å². The molecule has 1 aromatic carbocycles. The van der Waals surface area contributed by atoms with Crippen LogP contribution in [0.5, 0.6) is 0 Å². The number of carboxylic acid groups (broad SMARTS) is 1. The first-order valence-electron chi connectivity index (χ1n) is 5.70. The number of carbonyl (C=O) groups is 1. The molecule has 0 spiro atoms. The van der Waals surface area contributed by atoms with Crippen LogP contribution in [0.25, 0.3) is 0 Å². The van der Waals surface area contributed by atoms with E-state index in [0.717, 1.165) is 0 Å². The minimum atomic E-state index is -3.67. The third-order valence-corrected chi connectivity index (χ3v) is 4.63. The molecule has 0 saturated heterocycles. The van der Waals surface area contributed by atoms with E-state index in [4.69, 9.17) is 16.7 Å². The van der Waals surface area contributed by atoms with Gasteiger partial charge in [0, 0.05) is 18.0 Å². The molecule has 0 fully saturated rings. The highest BCUT2D eigenvalue weighted by molar-refractivity contribution is 7.89. The second kappa shape index (κ2) is 6.36. The fraction of sp³-hybridized carbons (Fsp3) is 0.417. The van der Waals surface area contributed by atoms with Crippen molar-refractivity contribution in [2.24, 2.45) is 5.92 Å². The zero-order valence-corrected chi connectivity index (χ0v) is 12.3. The normalized spacial score (nSPS) is 13.2. The lowest BCUT2D eigenvalue weighted by molar-refractivity contribution is -0.137. The van der Waals surface area contributed by atoms with Crippen molar-refractivity contribution in [2.75, 3.05) is 6.54 Å². The van der Waals surface area contributed by atoms with Crippen molar-refractivity contribution in [3.8, 4) is 0 Å². The molecule has 1 aromatic rings. The second-order valence-electron chi connectivity index (χ2n) is 4.42. The summed E-state index contributed by atoms with van der Waals surface area (Å²) in [5.41, 5.74) is 0.475. The van der Waals surface area contributed by atoms with Crippen molar-refractivity contribution in [2.45, 2.75) is 25.2 Å². The number of sulfonamides is 1. The lowest BCUT2D eigenvalue weighted by atomic mass is 10.1. The van der Waals surface area contributed by atoms with E-state index in [1.54, 1.807) is 26.0 Å². The first kappa shape index (κ1) is 15.9. The van der Waals surface area contributed by atoms with E-state index in [0.29, 0.717) is 10.6 Å². The summed E-state index contributed by atoms with van der Waals surface area (Å²) < 4.78 is 26.6. The van der Waals surface area contributed by atoms with E-state index < -0.39 is 16.0 Å². The predicted octanol–water partition coefficient (Wildman–Crippen LogP) is 2.04. The lowest BCUT2D eigenvalue weighted by Crippen LogP contribution is -2.29. The zero-order valence-electron chi connectivity index (χ0n) is 10.7. The number of nitrogens with one attached hydrogen (secondary N) is 1. The van der Waals surface area contributed by atoms with Crippen molar-refractivity contribution >= 4 is 27.6 Å². The summed E-state index contributed by atoms with van der Waals surface area (Å²) in [6, 6.07) is 4.64. The molecule has 0 aromatic heterocycles. The molecular weight excluding hydrogens is 290 g/mol. The Bertz CT molecular complexity index is 571.